The second kappa shape index (κ2) is 9.11. The van der Waals surface area contributed by atoms with Crippen molar-refractivity contribution >= 4 is 21.8 Å². The van der Waals surface area contributed by atoms with Gasteiger partial charge in [-0.1, -0.05) is 109 Å². The van der Waals surface area contributed by atoms with Crippen molar-refractivity contribution in [3.05, 3.63) is 151 Å². The average Bonchev–Trinajstić information content (AvgIpc) is 3.31. The SMILES string of the molecule is C1=CCC(c2ccc(-c3ccc4c(c3)c3cc(-c5ccccc5)ccc3n4-c3ccccc3)cc2)C=C1. The highest BCUT2D eigenvalue weighted by Crippen LogP contribution is 2.37. The van der Waals surface area contributed by atoms with E-state index >= 15 is 0 Å². The Labute approximate surface area is 217 Å². The molecule has 1 heteroatoms. The van der Waals surface area contributed by atoms with Crippen LogP contribution < -0.4 is 0 Å². The molecule has 1 nitrogen and oxygen atoms in total. The quantitative estimate of drug-likeness (QED) is 0.240. The highest BCUT2D eigenvalue weighted by atomic mass is 15.0. The molecular formula is C36H27N. The zero-order valence-corrected chi connectivity index (χ0v) is 20.6. The van der Waals surface area contributed by atoms with Gasteiger partial charge >= 0.3 is 0 Å². The molecule has 0 bridgehead atoms. The summed E-state index contributed by atoms with van der Waals surface area (Å²) in [4.78, 5) is 0. The van der Waals surface area contributed by atoms with Crippen molar-refractivity contribution in [3.63, 3.8) is 0 Å². The van der Waals surface area contributed by atoms with Crippen LogP contribution >= 0.6 is 0 Å². The van der Waals surface area contributed by atoms with Crippen LogP contribution in [0.4, 0.5) is 0 Å². The fourth-order valence-electron chi connectivity index (χ4n) is 5.62. The van der Waals surface area contributed by atoms with Gasteiger partial charge in [-0.15, -0.1) is 0 Å². The Bertz CT molecular complexity index is 1770. The van der Waals surface area contributed by atoms with E-state index in [9.17, 15) is 0 Å². The molecule has 37 heavy (non-hydrogen) atoms. The van der Waals surface area contributed by atoms with E-state index in [0.29, 0.717) is 5.92 Å². The summed E-state index contributed by atoms with van der Waals surface area (Å²) in [6, 6.07) is 44.2. The van der Waals surface area contributed by atoms with E-state index in [4.69, 9.17) is 0 Å². The second-order valence-corrected chi connectivity index (χ2v) is 9.78. The van der Waals surface area contributed by atoms with E-state index in [1.165, 1.54) is 55.3 Å². The number of nitrogens with zero attached hydrogens (tertiary/aromatic N) is 1. The molecule has 0 saturated carbocycles. The van der Waals surface area contributed by atoms with Crippen LogP contribution in [-0.4, -0.2) is 4.57 Å². The van der Waals surface area contributed by atoms with Crippen LogP contribution in [0.25, 0.3) is 49.7 Å². The third-order valence-corrected chi connectivity index (χ3v) is 7.54. The lowest BCUT2D eigenvalue weighted by atomic mass is 9.91. The van der Waals surface area contributed by atoms with Gasteiger partial charge in [0.05, 0.1) is 11.0 Å². The highest BCUT2D eigenvalue weighted by molar-refractivity contribution is 6.11. The molecule has 0 aliphatic heterocycles. The first-order valence-electron chi connectivity index (χ1n) is 13.0. The van der Waals surface area contributed by atoms with E-state index < -0.39 is 0 Å². The zero-order chi connectivity index (χ0) is 24.6. The third-order valence-electron chi connectivity index (χ3n) is 7.54. The molecule has 0 fully saturated rings. The lowest BCUT2D eigenvalue weighted by Gasteiger charge is -2.14. The van der Waals surface area contributed by atoms with Crippen molar-refractivity contribution in [2.45, 2.75) is 12.3 Å². The van der Waals surface area contributed by atoms with Crippen molar-refractivity contribution in [3.8, 4) is 27.9 Å². The maximum absolute atomic E-state index is 2.38. The lowest BCUT2D eigenvalue weighted by Crippen LogP contribution is -1.95. The number of rotatable bonds is 4. The predicted octanol–water partition coefficient (Wildman–Crippen LogP) is 9.72. The van der Waals surface area contributed by atoms with Crippen LogP contribution in [-0.2, 0) is 0 Å². The van der Waals surface area contributed by atoms with Gasteiger partial charge in [0.2, 0.25) is 0 Å². The Hall–Kier alpha value is -4.62. The summed E-state index contributed by atoms with van der Waals surface area (Å²) in [6.07, 6.45) is 9.91. The van der Waals surface area contributed by atoms with Crippen molar-refractivity contribution in [1.82, 2.24) is 4.57 Å². The normalized spacial score (nSPS) is 15.0. The molecule has 0 amide bonds. The van der Waals surface area contributed by atoms with Crippen LogP contribution in [0.1, 0.15) is 17.9 Å². The number of fused-ring (bicyclic) bond motifs is 3. The molecule has 0 spiro atoms. The Morgan fingerprint density at radius 2 is 1.08 bits per heavy atom. The summed E-state index contributed by atoms with van der Waals surface area (Å²) in [5, 5.41) is 2.55. The lowest BCUT2D eigenvalue weighted by molar-refractivity contribution is 0.854. The minimum Gasteiger partial charge on any atom is -0.309 e. The van der Waals surface area contributed by atoms with Crippen LogP contribution in [0.3, 0.4) is 0 Å². The minimum atomic E-state index is 0.474. The second-order valence-electron chi connectivity index (χ2n) is 9.78. The fourth-order valence-corrected chi connectivity index (χ4v) is 5.62. The smallest absolute Gasteiger partial charge is 0.0541 e. The van der Waals surface area contributed by atoms with Gasteiger partial charge in [-0.25, -0.2) is 0 Å². The highest BCUT2D eigenvalue weighted by Gasteiger charge is 2.15. The summed E-state index contributed by atoms with van der Waals surface area (Å²) in [6.45, 7) is 0. The summed E-state index contributed by atoms with van der Waals surface area (Å²) in [5.41, 5.74) is 9.99. The summed E-state index contributed by atoms with van der Waals surface area (Å²) < 4.78 is 2.38. The standard InChI is InChI=1S/C36H27N/c1-4-10-26(11-5-1)28-16-18-29(19-17-28)31-21-23-36-34(25-31)33-24-30(27-12-6-2-7-13-27)20-22-35(33)37(36)32-14-8-3-9-15-32/h1-10,12-26H,11H2. The fraction of sp³-hybridized carbons (Fsp3) is 0.0556. The molecule has 1 aliphatic rings. The molecule has 5 aromatic carbocycles. The van der Waals surface area contributed by atoms with Crippen molar-refractivity contribution in [1.29, 1.82) is 0 Å². The minimum absolute atomic E-state index is 0.474. The summed E-state index contributed by atoms with van der Waals surface area (Å²) >= 11 is 0. The molecule has 1 aromatic heterocycles. The first-order valence-corrected chi connectivity index (χ1v) is 13.0. The van der Waals surface area contributed by atoms with Crippen molar-refractivity contribution in [2.75, 3.05) is 0 Å². The summed E-state index contributed by atoms with van der Waals surface area (Å²) in [7, 11) is 0. The topological polar surface area (TPSA) is 4.93 Å². The Kier molecular flexibility index (Phi) is 5.33. The Balaban J connectivity index is 1.39. The summed E-state index contributed by atoms with van der Waals surface area (Å²) in [5.74, 6) is 0.474. The van der Waals surface area contributed by atoms with Crippen molar-refractivity contribution < 1.29 is 0 Å². The molecule has 1 atom stereocenters. The van der Waals surface area contributed by atoms with Gasteiger partial charge in [0.15, 0.2) is 0 Å². The first kappa shape index (κ1) is 21.6. The van der Waals surface area contributed by atoms with Crippen LogP contribution in [0.5, 0.6) is 0 Å². The molecule has 7 rings (SSSR count). The van der Waals surface area contributed by atoms with Gasteiger partial charge in [0.25, 0.3) is 0 Å². The molecule has 1 heterocycles. The molecule has 6 aromatic rings. The van der Waals surface area contributed by atoms with Gasteiger partial charge in [-0.05, 0) is 70.6 Å². The number of para-hydroxylation sites is 1. The molecular weight excluding hydrogens is 446 g/mol. The van der Waals surface area contributed by atoms with E-state index in [0.717, 1.165) is 6.42 Å². The number of benzene rings is 5. The number of aromatic nitrogens is 1. The Morgan fingerprint density at radius 1 is 0.514 bits per heavy atom. The van der Waals surface area contributed by atoms with Gasteiger partial charge in [-0.2, -0.15) is 0 Å². The maximum Gasteiger partial charge on any atom is 0.0541 e. The van der Waals surface area contributed by atoms with E-state index in [-0.39, 0.29) is 0 Å². The largest absolute Gasteiger partial charge is 0.309 e. The Morgan fingerprint density at radius 3 is 1.68 bits per heavy atom. The van der Waals surface area contributed by atoms with E-state index in [1.54, 1.807) is 0 Å². The predicted molar refractivity (Wildman–Crippen MR) is 157 cm³/mol. The monoisotopic (exact) mass is 473 g/mol. The average molecular weight is 474 g/mol. The van der Waals surface area contributed by atoms with Crippen LogP contribution in [0.15, 0.2) is 146 Å². The molecule has 176 valence electrons. The maximum atomic E-state index is 2.38. The van der Waals surface area contributed by atoms with E-state index in [2.05, 4.69) is 150 Å². The van der Waals surface area contributed by atoms with Gasteiger partial charge in [0.1, 0.15) is 0 Å². The molecule has 0 N–H and O–H groups in total. The molecule has 0 saturated heterocycles. The van der Waals surface area contributed by atoms with Gasteiger partial charge < -0.3 is 4.57 Å². The third kappa shape index (κ3) is 3.90. The molecule has 1 unspecified atom stereocenters. The van der Waals surface area contributed by atoms with E-state index in [1.807, 2.05) is 0 Å². The molecule has 1 aliphatic carbocycles. The number of hydrogen-bond acceptors (Lipinski definition) is 0. The number of allylic oxidation sites excluding steroid dienone is 4. The van der Waals surface area contributed by atoms with Crippen LogP contribution in [0, 0.1) is 0 Å². The van der Waals surface area contributed by atoms with Gasteiger partial charge in [0, 0.05) is 22.4 Å². The van der Waals surface area contributed by atoms with Gasteiger partial charge in [-0.3, -0.25) is 0 Å². The molecule has 0 radical (unpaired) electrons. The first-order chi connectivity index (χ1) is 18.3. The van der Waals surface area contributed by atoms with Crippen LogP contribution in [0.2, 0.25) is 0 Å². The zero-order valence-electron chi connectivity index (χ0n) is 20.6. The number of hydrogen-bond donors (Lipinski definition) is 0. The van der Waals surface area contributed by atoms with Crippen molar-refractivity contribution in [2.24, 2.45) is 0 Å².